The first kappa shape index (κ1) is 13.8. The van der Waals surface area contributed by atoms with E-state index in [1.54, 1.807) is 7.11 Å². The third kappa shape index (κ3) is 1.93. The Morgan fingerprint density at radius 3 is 2.57 bits per heavy atom. The van der Waals surface area contributed by atoms with E-state index in [0.29, 0.717) is 5.56 Å². The summed E-state index contributed by atoms with van der Waals surface area (Å²) in [6.45, 7) is 1.95. The lowest BCUT2D eigenvalue weighted by Gasteiger charge is -2.26. The summed E-state index contributed by atoms with van der Waals surface area (Å²) in [7, 11) is 1.65. The normalized spacial score (nSPS) is 19.5. The van der Waals surface area contributed by atoms with Crippen molar-refractivity contribution in [3.63, 3.8) is 0 Å². The van der Waals surface area contributed by atoms with E-state index in [0.717, 1.165) is 27.6 Å². The molecule has 23 heavy (non-hydrogen) atoms. The lowest BCUT2D eigenvalue weighted by Crippen LogP contribution is -2.23. The van der Waals surface area contributed by atoms with Gasteiger partial charge in [-0.25, -0.2) is 4.79 Å². The maximum Gasteiger partial charge on any atom is 0.339 e. The number of hydrogen-bond donors (Lipinski definition) is 0. The summed E-state index contributed by atoms with van der Waals surface area (Å²) >= 11 is 0. The zero-order valence-corrected chi connectivity index (χ0v) is 13.0. The second-order valence-corrected chi connectivity index (χ2v) is 5.86. The van der Waals surface area contributed by atoms with Gasteiger partial charge in [-0.3, -0.25) is 0 Å². The highest BCUT2D eigenvalue weighted by molar-refractivity contribution is 5.97. The molecule has 1 aliphatic rings. The van der Waals surface area contributed by atoms with Gasteiger partial charge in [0.25, 0.3) is 0 Å². The van der Waals surface area contributed by atoms with Gasteiger partial charge in [0.2, 0.25) is 0 Å². The first-order valence-corrected chi connectivity index (χ1v) is 7.53. The minimum Gasteiger partial charge on any atom is -0.497 e. The number of hydrogen-bond acceptors (Lipinski definition) is 3. The summed E-state index contributed by atoms with van der Waals surface area (Å²) in [5.74, 6) is 0.539. The lowest BCUT2D eigenvalue weighted by atomic mass is 9.84. The molecule has 0 saturated carbocycles. The van der Waals surface area contributed by atoms with E-state index in [1.165, 1.54) is 0 Å². The SMILES string of the molecule is COc1ccc2c(C3(C)OC(=O)c4ccccc43)cccc2c1. The fourth-order valence-electron chi connectivity index (χ4n) is 3.38. The minimum atomic E-state index is -0.776. The Labute approximate surface area is 134 Å². The summed E-state index contributed by atoms with van der Waals surface area (Å²) in [5.41, 5.74) is 1.76. The van der Waals surface area contributed by atoms with Gasteiger partial charge in [0, 0.05) is 11.1 Å². The van der Waals surface area contributed by atoms with Gasteiger partial charge in [-0.2, -0.15) is 0 Å². The van der Waals surface area contributed by atoms with Gasteiger partial charge >= 0.3 is 5.97 Å². The molecular formula is C20H16O3. The predicted octanol–water partition coefficient (Wildman–Crippen LogP) is 4.28. The van der Waals surface area contributed by atoms with Crippen molar-refractivity contribution in [1.29, 1.82) is 0 Å². The number of esters is 1. The van der Waals surface area contributed by atoms with E-state index in [4.69, 9.17) is 9.47 Å². The number of benzene rings is 3. The molecule has 0 radical (unpaired) electrons. The van der Waals surface area contributed by atoms with E-state index in [9.17, 15) is 4.79 Å². The van der Waals surface area contributed by atoms with Gasteiger partial charge in [-0.05, 0) is 35.9 Å². The van der Waals surface area contributed by atoms with E-state index < -0.39 is 5.60 Å². The number of rotatable bonds is 2. The Balaban J connectivity index is 1.98. The Morgan fingerprint density at radius 1 is 0.957 bits per heavy atom. The van der Waals surface area contributed by atoms with Crippen molar-refractivity contribution in [2.24, 2.45) is 0 Å². The number of carbonyl (C=O) groups excluding carboxylic acids is 1. The van der Waals surface area contributed by atoms with Crippen LogP contribution in [0.25, 0.3) is 10.8 Å². The monoisotopic (exact) mass is 304 g/mol. The average Bonchev–Trinajstić information content (AvgIpc) is 2.86. The van der Waals surface area contributed by atoms with E-state index in [1.807, 2.05) is 67.6 Å². The van der Waals surface area contributed by atoms with Crippen molar-refractivity contribution in [2.75, 3.05) is 7.11 Å². The number of ether oxygens (including phenoxy) is 2. The topological polar surface area (TPSA) is 35.5 Å². The van der Waals surface area contributed by atoms with Gasteiger partial charge in [-0.1, -0.05) is 42.5 Å². The van der Waals surface area contributed by atoms with Crippen molar-refractivity contribution in [2.45, 2.75) is 12.5 Å². The van der Waals surface area contributed by atoms with Crippen LogP contribution in [0.5, 0.6) is 5.75 Å². The zero-order chi connectivity index (χ0) is 16.0. The number of fused-ring (bicyclic) bond motifs is 2. The first-order chi connectivity index (χ1) is 11.1. The Morgan fingerprint density at radius 2 is 1.74 bits per heavy atom. The highest BCUT2D eigenvalue weighted by atomic mass is 16.6. The number of cyclic esters (lactones) is 1. The third-order valence-electron chi connectivity index (χ3n) is 4.56. The average molecular weight is 304 g/mol. The maximum absolute atomic E-state index is 12.2. The van der Waals surface area contributed by atoms with Crippen LogP contribution in [0.3, 0.4) is 0 Å². The predicted molar refractivity (Wildman–Crippen MR) is 88.8 cm³/mol. The molecule has 0 aromatic heterocycles. The third-order valence-corrected chi connectivity index (χ3v) is 4.56. The largest absolute Gasteiger partial charge is 0.497 e. The van der Waals surface area contributed by atoms with Gasteiger partial charge in [0.15, 0.2) is 5.60 Å². The van der Waals surface area contributed by atoms with Crippen LogP contribution in [0, 0.1) is 0 Å². The van der Waals surface area contributed by atoms with Gasteiger partial charge in [0.1, 0.15) is 5.75 Å². The molecule has 1 heterocycles. The lowest BCUT2D eigenvalue weighted by molar-refractivity contribution is 0.0185. The van der Waals surface area contributed by atoms with Crippen molar-refractivity contribution in [3.05, 3.63) is 77.4 Å². The molecule has 0 saturated heterocycles. The molecule has 0 amide bonds. The molecule has 0 fully saturated rings. The summed E-state index contributed by atoms with van der Waals surface area (Å²) in [5, 5.41) is 2.11. The van der Waals surface area contributed by atoms with Crippen LogP contribution in [-0.2, 0) is 10.3 Å². The molecule has 114 valence electrons. The second kappa shape index (κ2) is 4.85. The van der Waals surface area contributed by atoms with E-state index >= 15 is 0 Å². The van der Waals surface area contributed by atoms with Crippen LogP contribution in [0.1, 0.15) is 28.4 Å². The van der Waals surface area contributed by atoms with Gasteiger partial charge in [0.05, 0.1) is 12.7 Å². The molecule has 1 atom stereocenters. The van der Waals surface area contributed by atoms with Crippen LogP contribution >= 0.6 is 0 Å². The molecule has 3 heteroatoms. The van der Waals surface area contributed by atoms with Crippen molar-refractivity contribution >= 4 is 16.7 Å². The standard InChI is InChI=1S/C20H16O3/c1-20(18-8-4-3-7-16(18)19(21)23-20)17-9-5-6-13-12-14(22-2)10-11-15(13)17/h3-12H,1-2H3. The molecule has 4 rings (SSSR count). The Bertz CT molecular complexity index is 929. The van der Waals surface area contributed by atoms with E-state index in [2.05, 4.69) is 0 Å². The van der Waals surface area contributed by atoms with Gasteiger partial charge < -0.3 is 9.47 Å². The molecule has 0 spiro atoms. The van der Waals surface area contributed by atoms with Crippen LogP contribution in [0.2, 0.25) is 0 Å². The van der Waals surface area contributed by atoms with Crippen molar-refractivity contribution in [3.8, 4) is 5.75 Å². The van der Waals surface area contributed by atoms with Crippen molar-refractivity contribution < 1.29 is 14.3 Å². The molecule has 0 aliphatic carbocycles. The van der Waals surface area contributed by atoms with Crippen LogP contribution < -0.4 is 4.74 Å². The molecule has 1 aliphatic heterocycles. The maximum atomic E-state index is 12.2. The quantitative estimate of drug-likeness (QED) is 0.663. The minimum absolute atomic E-state index is 0.270. The molecular weight excluding hydrogens is 288 g/mol. The summed E-state index contributed by atoms with van der Waals surface area (Å²) in [6.07, 6.45) is 0. The van der Waals surface area contributed by atoms with Crippen molar-refractivity contribution in [1.82, 2.24) is 0 Å². The Kier molecular flexibility index (Phi) is 2.91. The van der Waals surface area contributed by atoms with E-state index in [-0.39, 0.29) is 5.97 Å². The molecule has 0 N–H and O–H groups in total. The fourth-order valence-corrected chi connectivity index (χ4v) is 3.38. The highest BCUT2D eigenvalue weighted by Gasteiger charge is 2.43. The molecule has 0 bridgehead atoms. The second-order valence-electron chi connectivity index (χ2n) is 5.86. The molecule has 3 nitrogen and oxygen atoms in total. The first-order valence-electron chi connectivity index (χ1n) is 7.53. The number of carbonyl (C=O) groups is 1. The molecule has 3 aromatic rings. The van der Waals surface area contributed by atoms with Crippen LogP contribution in [-0.4, -0.2) is 13.1 Å². The fraction of sp³-hybridized carbons (Fsp3) is 0.150. The summed E-state index contributed by atoms with van der Waals surface area (Å²) in [4.78, 5) is 12.2. The smallest absolute Gasteiger partial charge is 0.339 e. The summed E-state index contributed by atoms with van der Waals surface area (Å²) < 4.78 is 11.1. The zero-order valence-electron chi connectivity index (χ0n) is 13.0. The van der Waals surface area contributed by atoms with Crippen LogP contribution in [0.15, 0.2) is 60.7 Å². The summed E-state index contributed by atoms with van der Waals surface area (Å²) in [6, 6.07) is 19.5. The number of methoxy groups -OCH3 is 1. The Hall–Kier alpha value is -2.81. The molecule has 3 aromatic carbocycles. The van der Waals surface area contributed by atoms with Gasteiger partial charge in [-0.15, -0.1) is 0 Å². The van der Waals surface area contributed by atoms with Crippen LogP contribution in [0.4, 0.5) is 0 Å². The highest BCUT2D eigenvalue weighted by Crippen LogP contribution is 2.44. The molecule has 1 unspecified atom stereocenters.